The highest BCUT2D eigenvalue weighted by Gasteiger charge is 2.18. The molecule has 50 heavy (non-hydrogen) atoms. The van der Waals surface area contributed by atoms with Gasteiger partial charge in [0.2, 0.25) is 5.88 Å². The van der Waals surface area contributed by atoms with Crippen molar-refractivity contribution in [2.45, 2.75) is 39.7 Å². The Morgan fingerprint density at radius 3 is 1.56 bits per heavy atom. The second-order valence-electron chi connectivity index (χ2n) is 11.2. The van der Waals surface area contributed by atoms with Gasteiger partial charge in [-0.3, -0.25) is 4.90 Å². The van der Waals surface area contributed by atoms with Gasteiger partial charge >= 0.3 is 0 Å². The summed E-state index contributed by atoms with van der Waals surface area (Å²) in [5.74, 6) is -0.0104. The zero-order valence-electron chi connectivity index (χ0n) is 29.5. The maximum Gasteiger partial charge on any atom is 0.251 e. The normalized spacial score (nSPS) is 15.9. The summed E-state index contributed by atoms with van der Waals surface area (Å²) in [5, 5.41) is 1.24. The van der Waals surface area contributed by atoms with Crippen molar-refractivity contribution in [3.63, 3.8) is 0 Å². The van der Waals surface area contributed by atoms with Gasteiger partial charge in [-0.1, -0.05) is 48.7 Å². The largest absolute Gasteiger partial charge is 0.479 e. The Hall–Kier alpha value is -2.71. The van der Waals surface area contributed by atoms with Gasteiger partial charge in [0.25, 0.3) is 5.88 Å². The van der Waals surface area contributed by atoms with Crippen molar-refractivity contribution in [2.75, 3.05) is 103 Å². The van der Waals surface area contributed by atoms with Gasteiger partial charge in [-0.15, -0.1) is 0 Å². The molecule has 3 aromatic rings. The number of halogens is 4. The fourth-order valence-corrected chi connectivity index (χ4v) is 5.62. The number of hydrogen-bond acceptors (Lipinski definition) is 11. The predicted molar refractivity (Wildman–Crippen MR) is 198 cm³/mol. The standard InChI is InChI=1S/C14H22ClN3O.C10H13ClN2O2.C6H5ClFNO.C5H10O/c1-3-17(4-2)11-12-13(5-6-14(15)16-12)18-7-9-19-10-8-18;1-14-10-8(2-3-9(11)12-10)13-4-6-15-7-5-13;1-10-6-4(8)2-3-5(7)9-6;1-2-4-6-5-3-1/h5-6H,3-4,7-11H2,1-2H3;2-3H,4-7H2,1H3;2-3H,1H3;1-5H2. The molecule has 6 heterocycles. The number of morpholine rings is 2. The van der Waals surface area contributed by atoms with Crippen LogP contribution in [0.4, 0.5) is 15.8 Å². The van der Waals surface area contributed by atoms with E-state index in [9.17, 15) is 4.39 Å². The molecule has 0 N–H and O–H groups in total. The molecular weight excluding hydrogens is 710 g/mol. The monoisotopic (exact) mass is 758 g/mol. The SMILES string of the molecule is C1CCOCC1.CCN(CC)Cc1nc(Cl)ccc1N1CCOCC1.COc1nc(Cl)ccc1F.COc1nc(Cl)ccc1N1CCOCC1. The lowest BCUT2D eigenvalue weighted by Gasteiger charge is -2.31. The van der Waals surface area contributed by atoms with E-state index >= 15 is 0 Å². The van der Waals surface area contributed by atoms with Crippen LogP contribution < -0.4 is 19.3 Å². The number of nitrogens with zero attached hydrogens (tertiary/aromatic N) is 6. The Morgan fingerprint density at radius 1 is 0.640 bits per heavy atom. The zero-order valence-corrected chi connectivity index (χ0v) is 31.8. The molecule has 0 bridgehead atoms. The fourth-order valence-electron chi connectivity index (χ4n) is 5.17. The number of rotatable bonds is 8. The number of pyridine rings is 3. The highest BCUT2D eigenvalue weighted by molar-refractivity contribution is 6.30. The van der Waals surface area contributed by atoms with E-state index in [0.717, 1.165) is 96.8 Å². The first-order valence-corrected chi connectivity index (χ1v) is 18.1. The Bertz CT molecular complexity index is 1380. The van der Waals surface area contributed by atoms with E-state index in [1.807, 2.05) is 12.1 Å². The van der Waals surface area contributed by atoms with Crippen molar-refractivity contribution < 1.29 is 28.1 Å². The topological polar surface area (TPSA) is 94.5 Å². The minimum absolute atomic E-state index is 0.0764. The van der Waals surface area contributed by atoms with Crippen molar-refractivity contribution >= 4 is 46.2 Å². The fraction of sp³-hybridized carbons (Fsp3) is 0.571. The molecule has 0 spiro atoms. The van der Waals surface area contributed by atoms with Gasteiger partial charge < -0.3 is 33.5 Å². The summed E-state index contributed by atoms with van der Waals surface area (Å²) in [6.07, 6.45) is 3.93. The van der Waals surface area contributed by atoms with E-state index < -0.39 is 5.82 Å². The quantitative estimate of drug-likeness (QED) is 0.221. The second kappa shape index (κ2) is 23.7. The van der Waals surface area contributed by atoms with Crippen molar-refractivity contribution in [3.05, 3.63) is 63.4 Å². The Kier molecular flexibility index (Phi) is 19.8. The molecule has 0 amide bonds. The van der Waals surface area contributed by atoms with Gasteiger partial charge in [0.15, 0.2) is 5.82 Å². The first-order valence-electron chi connectivity index (χ1n) is 17.0. The van der Waals surface area contributed by atoms with Gasteiger partial charge in [0.1, 0.15) is 21.1 Å². The lowest BCUT2D eigenvalue weighted by molar-refractivity contribution is 0.0968. The number of ether oxygens (including phenoxy) is 5. The van der Waals surface area contributed by atoms with Gasteiger partial charge in [0, 0.05) is 45.9 Å². The Balaban J connectivity index is 0.000000194. The first kappa shape index (κ1) is 41.7. The summed E-state index contributed by atoms with van der Waals surface area (Å²) < 4.78 is 38.0. The van der Waals surface area contributed by atoms with Crippen molar-refractivity contribution in [1.29, 1.82) is 0 Å². The summed E-state index contributed by atoms with van der Waals surface area (Å²) in [5.41, 5.74) is 3.24. The highest BCUT2D eigenvalue weighted by Crippen LogP contribution is 2.28. The second-order valence-corrected chi connectivity index (χ2v) is 12.4. The van der Waals surface area contributed by atoms with E-state index in [2.05, 4.69) is 54.3 Å². The van der Waals surface area contributed by atoms with Crippen molar-refractivity contribution in [2.24, 2.45) is 0 Å². The molecule has 0 atom stereocenters. The van der Waals surface area contributed by atoms with Crippen LogP contribution in [0.2, 0.25) is 15.5 Å². The van der Waals surface area contributed by atoms with Gasteiger partial charge in [-0.05, 0) is 68.8 Å². The summed E-state index contributed by atoms with van der Waals surface area (Å²) in [4.78, 5) is 19.1. The lowest BCUT2D eigenvalue weighted by atomic mass is 10.2. The van der Waals surface area contributed by atoms with Gasteiger partial charge in [-0.25, -0.2) is 9.37 Å². The molecule has 6 rings (SSSR count). The molecule has 3 aliphatic heterocycles. The Morgan fingerprint density at radius 2 is 1.10 bits per heavy atom. The van der Waals surface area contributed by atoms with Crippen LogP contribution in [0.25, 0.3) is 0 Å². The van der Waals surface area contributed by atoms with E-state index in [1.165, 1.54) is 44.2 Å². The van der Waals surface area contributed by atoms with Crippen LogP contribution in [0.1, 0.15) is 38.8 Å². The highest BCUT2D eigenvalue weighted by atomic mass is 35.5. The van der Waals surface area contributed by atoms with Crippen LogP contribution in [-0.4, -0.2) is 113 Å². The number of hydrogen-bond donors (Lipinski definition) is 0. The molecule has 15 heteroatoms. The molecule has 3 aromatic heterocycles. The average Bonchev–Trinajstić information content (AvgIpc) is 3.17. The molecule has 0 unspecified atom stereocenters. The lowest BCUT2D eigenvalue weighted by Crippen LogP contribution is -2.37. The maximum atomic E-state index is 12.5. The number of methoxy groups -OCH3 is 2. The number of aromatic nitrogens is 3. The van der Waals surface area contributed by atoms with Crippen LogP contribution in [0.3, 0.4) is 0 Å². The molecule has 0 saturated carbocycles. The summed E-state index contributed by atoms with van der Waals surface area (Å²) in [6, 6.07) is 10.2. The molecule has 0 aromatic carbocycles. The molecule has 3 fully saturated rings. The maximum absolute atomic E-state index is 12.5. The van der Waals surface area contributed by atoms with Crippen molar-refractivity contribution in [1.82, 2.24) is 19.9 Å². The van der Waals surface area contributed by atoms with E-state index in [1.54, 1.807) is 13.2 Å². The summed E-state index contributed by atoms with van der Waals surface area (Å²) in [7, 11) is 2.93. The molecule has 278 valence electrons. The third kappa shape index (κ3) is 14.5. The van der Waals surface area contributed by atoms with Crippen LogP contribution in [0.15, 0.2) is 36.4 Å². The van der Waals surface area contributed by atoms with E-state index in [0.29, 0.717) is 16.2 Å². The minimum atomic E-state index is -0.507. The molecular formula is C35H50Cl3FN6O5. The summed E-state index contributed by atoms with van der Waals surface area (Å²) in [6.45, 7) is 15.9. The average molecular weight is 760 g/mol. The minimum Gasteiger partial charge on any atom is -0.479 e. The first-order chi connectivity index (χ1) is 24.3. The summed E-state index contributed by atoms with van der Waals surface area (Å²) >= 11 is 17.3. The van der Waals surface area contributed by atoms with Crippen LogP contribution >= 0.6 is 34.8 Å². The van der Waals surface area contributed by atoms with Crippen LogP contribution in [-0.2, 0) is 20.8 Å². The zero-order chi connectivity index (χ0) is 36.1. The Labute approximate surface area is 310 Å². The van der Waals surface area contributed by atoms with Crippen LogP contribution in [0, 0.1) is 5.82 Å². The molecule has 11 nitrogen and oxygen atoms in total. The van der Waals surface area contributed by atoms with E-state index in [4.69, 9.17) is 53.8 Å². The van der Waals surface area contributed by atoms with Gasteiger partial charge in [-0.2, -0.15) is 9.97 Å². The predicted octanol–water partition coefficient (Wildman–Crippen LogP) is 7.06. The molecule has 3 saturated heterocycles. The third-order valence-electron chi connectivity index (χ3n) is 7.94. The smallest absolute Gasteiger partial charge is 0.251 e. The molecule has 3 aliphatic rings. The third-order valence-corrected chi connectivity index (χ3v) is 8.57. The molecule has 0 radical (unpaired) electrons. The van der Waals surface area contributed by atoms with Crippen molar-refractivity contribution in [3.8, 4) is 11.8 Å². The number of anilines is 2. The van der Waals surface area contributed by atoms with E-state index in [-0.39, 0.29) is 11.0 Å². The van der Waals surface area contributed by atoms with Gasteiger partial charge in [0.05, 0.1) is 52.0 Å². The van der Waals surface area contributed by atoms with Crippen LogP contribution in [0.5, 0.6) is 11.8 Å². The molecule has 0 aliphatic carbocycles.